The minimum atomic E-state index is 0.444. The van der Waals surface area contributed by atoms with Crippen molar-refractivity contribution >= 4 is 17.2 Å². The van der Waals surface area contributed by atoms with E-state index in [0.717, 1.165) is 18.8 Å². The predicted octanol–water partition coefficient (Wildman–Crippen LogP) is 3.53. The Balaban J connectivity index is 2.01. The van der Waals surface area contributed by atoms with Gasteiger partial charge in [-0.25, -0.2) is 4.68 Å². The van der Waals surface area contributed by atoms with E-state index >= 15 is 0 Å². The maximum Gasteiger partial charge on any atom is 0.124 e. The summed E-state index contributed by atoms with van der Waals surface area (Å²) in [5.74, 6) is 1.10. The summed E-state index contributed by atoms with van der Waals surface area (Å²) in [7, 11) is 0. The summed E-state index contributed by atoms with van der Waals surface area (Å²) in [6.45, 7) is 5.23. The van der Waals surface area contributed by atoms with Gasteiger partial charge in [0.05, 0.1) is 12.2 Å². The van der Waals surface area contributed by atoms with Crippen LogP contribution < -0.4 is 5.32 Å². The van der Waals surface area contributed by atoms with E-state index in [0.29, 0.717) is 6.04 Å². The largest absolute Gasteiger partial charge is 0.366 e. The van der Waals surface area contributed by atoms with Crippen molar-refractivity contribution in [3.63, 3.8) is 0 Å². The van der Waals surface area contributed by atoms with Gasteiger partial charge in [0.25, 0.3) is 0 Å². The van der Waals surface area contributed by atoms with Gasteiger partial charge in [0.1, 0.15) is 5.82 Å². The number of hydrogen-bond acceptors (Lipinski definition) is 3. The summed E-state index contributed by atoms with van der Waals surface area (Å²) < 4.78 is 2.05. The molecule has 0 aliphatic heterocycles. The van der Waals surface area contributed by atoms with Crippen LogP contribution in [-0.2, 0) is 6.54 Å². The molecule has 3 nitrogen and oxygen atoms in total. The third-order valence-corrected chi connectivity index (χ3v) is 3.46. The van der Waals surface area contributed by atoms with Crippen LogP contribution in [-0.4, -0.2) is 9.78 Å². The van der Waals surface area contributed by atoms with Gasteiger partial charge in [0, 0.05) is 12.6 Å². The van der Waals surface area contributed by atoms with Gasteiger partial charge in [-0.2, -0.15) is 16.4 Å². The van der Waals surface area contributed by atoms with E-state index in [1.165, 1.54) is 5.56 Å². The molecule has 1 unspecified atom stereocenters. The van der Waals surface area contributed by atoms with Gasteiger partial charge in [-0.1, -0.05) is 6.92 Å². The Labute approximate surface area is 100 Å². The highest BCUT2D eigenvalue weighted by atomic mass is 32.1. The average Bonchev–Trinajstić information content (AvgIpc) is 2.96. The molecular weight excluding hydrogens is 218 g/mol. The highest BCUT2D eigenvalue weighted by molar-refractivity contribution is 7.07. The lowest BCUT2D eigenvalue weighted by atomic mass is 10.3. The molecule has 86 valence electrons. The Morgan fingerprint density at radius 2 is 2.38 bits per heavy atom. The van der Waals surface area contributed by atoms with Crippen molar-refractivity contribution in [3.8, 4) is 0 Å². The van der Waals surface area contributed by atoms with Gasteiger partial charge < -0.3 is 5.32 Å². The lowest BCUT2D eigenvalue weighted by molar-refractivity contribution is 0.482. The Bertz CT molecular complexity index is 419. The van der Waals surface area contributed by atoms with E-state index < -0.39 is 0 Å². The minimum Gasteiger partial charge on any atom is -0.366 e. The summed E-state index contributed by atoms with van der Waals surface area (Å²) in [4.78, 5) is 0. The zero-order chi connectivity index (χ0) is 11.4. The molecule has 0 radical (unpaired) electrons. The molecule has 2 heterocycles. The van der Waals surface area contributed by atoms with Gasteiger partial charge in [-0.05, 0) is 35.7 Å². The van der Waals surface area contributed by atoms with Gasteiger partial charge in [0.2, 0.25) is 0 Å². The van der Waals surface area contributed by atoms with E-state index in [9.17, 15) is 0 Å². The molecule has 1 N–H and O–H groups in total. The second-order valence-electron chi connectivity index (χ2n) is 3.90. The number of hydrogen-bond donors (Lipinski definition) is 1. The summed E-state index contributed by atoms with van der Waals surface area (Å²) in [5.41, 5.74) is 1.32. The van der Waals surface area contributed by atoms with E-state index in [-0.39, 0.29) is 0 Å². The number of aromatic nitrogens is 2. The Kier molecular flexibility index (Phi) is 3.62. The molecule has 0 spiro atoms. The van der Waals surface area contributed by atoms with Crippen LogP contribution in [0, 0.1) is 0 Å². The van der Waals surface area contributed by atoms with Crippen molar-refractivity contribution in [2.75, 3.05) is 5.32 Å². The third kappa shape index (κ3) is 2.44. The molecule has 16 heavy (non-hydrogen) atoms. The number of thiophene rings is 1. The van der Waals surface area contributed by atoms with Crippen molar-refractivity contribution in [1.82, 2.24) is 9.78 Å². The molecule has 0 aliphatic rings. The molecule has 0 saturated carbocycles. The fourth-order valence-electron chi connectivity index (χ4n) is 1.56. The molecule has 0 aromatic carbocycles. The van der Waals surface area contributed by atoms with Gasteiger partial charge in [-0.15, -0.1) is 0 Å². The first-order chi connectivity index (χ1) is 7.81. The summed E-state index contributed by atoms with van der Waals surface area (Å²) in [6.07, 6.45) is 2.94. The van der Waals surface area contributed by atoms with E-state index in [1.54, 1.807) is 11.3 Å². The monoisotopic (exact) mass is 235 g/mol. The first kappa shape index (κ1) is 11.2. The van der Waals surface area contributed by atoms with E-state index in [2.05, 4.69) is 41.1 Å². The first-order valence-electron chi connectivity index (χ1n) is 5.59. The lowest BCUT2D eigenvalue weighted by Gasteiger charge is -2.14. The third-order valence-electron chi connectivity index (χ3n) is 2.73. The summed E-state index contributed by atoms with van der Waals surface area (Å²) in [5, 5.41) is 12.0. The number of rotatable bonds is 5. The minimum absolute atomic E-state index is 0.444. The molecule has 0 saturated heterocycles. The van der Waals surface area contributed by atoms with Crippen molar-refractivity contribution in [1.29, 1.82) is 0 Å². The zero-order valence-electron chi connectivity index (χ0n) is 9.68. The molecule has 4 heteroatoms. The van der Waals surface area contributed by atoms with Crippen molar-refractivity contribution < 1.29 is 0 Å². The SMILES string of the molecule is CCC(C)n1nccc1NCc1ccsc1. The topological polar surface area (TPSA) is 29.9 Å². The summed E-state index contributed by atoms with van der Waals surface area (Å²) in [6, 6.07) is 4.61. The Hall–Kier alpha value is -1.29. The average molecular weight is 235 g/mol. The molecule has 1 atom stereocenters. The molecule has 0 amide bonds. The molecule has 2 aromatic rings. The normalized spacial score (nSPS) is 12.6. The number of nitrogens with one attached hydrogen (secondary N) is 1. The van der Waals surface area contributed by atoms with Gasteiger partial charge >= 0.3 is 0 Å². The standard InChI is InChI=1S/C12H17N3S/c1-3-10(2)15-12(4-6-14-15)13-8-11-5-7-16-9-11/h4-7,9-10,13H,3,8H2,1-2H3. The van der Waals surface area contributed by atoms with Crippen LogP contribution in [0.2, 0.25) is 0 Å². The van der Waals surface area contributed by atoms with Crippen molar-refractivity contribution in [2.45, 2.75) is 32.9 Å². The molecule has 0 fully saturated rings. The maximum absolute atomic E-state index is 4.34. The number of anilines is 1. The van der Waals surface area contributed by atoms with Crippen LogP contribution in [0.3, 0.4) is 0 Å². The number of nitrogens with zero attached hydrogens (tertiary/aromatic N) is 2. The quantitative estimate of drug-likeness (QED) is 0.859. The molecule has 2 aromatic heterocycles. The maximum atomic E-state index is 4.34. The fraction of sp³-hybridized carbons (Fsp3) is 0.417. The van der Waals surface area contributed by atoms with Crippen LogP contribution in [0.5, 0.6) is 0 Å². The predicted molar refractivity (Wildman–Crippen MR) is 68.9 cm³/mol. The van der Waals surface area contributed by atoms with E-state index in [1.807, 2.05) is 16.9 Å². The zero-order valence-corrected chi connectivity index (χ0v) is 10.5. The highest BCUT2D eigenvalue weighted by Crippen LogP contribution is 2.17. The van der Waals surface area contributed by atoms with Crippen LogP contribution in [0.4, 0.5) is 5.82 Å². The Morgan fingerprint density at radius 3 is 3.06 bits per heavy atom. The first-order valence-corrected chi connectivity index (χ1v) is 6.54. The van der Waals surface area contributed by atoms with Crippen LogP contribution in [0.1, 0.15) is 31.9 Å². The van der Waals surface area contributed by atoms with Crippen molar-refractivity contribution in [2.24, 2.45) is 0 Å². The molecule has 0 aliphatic carbocycles. The highest BCUT2D eigenvalue weighted by Gasteiger charge is 2.07. The summed E-state index contributed by atoms with van der Waals surface area (Å²) >= 11 is 1.73. The van der Waals surface area contributed by atoms with Crippen LogP contribution in [0.25, 0.3) is 0 Å². The lowest BCUT2D eigenvalue weighted by Crippen LogP contribution is -2.11. The van der Waals surface area contributed by atoms with E-state index in [4.69, 9.17) is 0 Å². The molecule has 0 bridgehead atoms. The second-order valence-corrected chi connectivity index (χ2v) is 4.68. The van der Waals surface area contributed by atoms with Gasteiger partial charge in [0.15, 0.2) is 0 Å². The Morgan fingerprint density at radius 1 is 1.50 bits per heavy atom. The molecule has 2 rings (SSSR count). The smallest absolute Gasteiger partial charge is 0.124 e. The second kappa shape index (κ2) is 5.16. The fourth-order valence-corrected chi connectivity index (χ4v) is 2.23. The molecular formula is C12H17N3S. The van der Waals surface area contributed by atoms with Crippen LogP contribution >= 0.6 is 11.3 Å². The van der Waals surface area contributed by atoms with Gasteiger partial charge in [-0.3, -0.25) is 0 Å². The van der Waals surface area contributed by atoms with Crippen LogP contribution in [0.15, 0.2) is 29.1 Å². The van der Waals surface area contributed by atoms with Crippen molar-refractivity contribution in [3.05, 3.63) is 34.7 Å².